The fraction of sp³-hybridized carbons (Fsp3) is 1.00. The van der Waals surface area contributed by atoms with Gasteiger partial charge in [-0.1, -0.05) is 13.3 Å². The predicted octanol–water partition coefficient (Wildman–Crippen LogP) is 1.70. The predicted molar refractivity (Wildman–Crippen MR) is 63.5 cm³/mol. The van der Waals surface area contributed by atoms with Gasteiger partial charge in [0.1, 0.15) is 0 Å². The molecule has 0 saturated carbocycles. The average molecular weight is 235 g/mol. The van der Waals surface area contributed by atoms with Crippen molar-refractivity contribution >= 4 is 8.80 Å². The Bertz CT molecular complexity index is 141. The maximum absolute atomic E-state index is 6.11. The van der Waals surface area contributed by atoms with E-state index in [0.29, 0.717) is 19.8 Å². The van der Waals surface area contributed by atoms with E-state index in [2.05, 4.69) is 6.92 Å². The molecule has 1 unspecified atom stereocenters. The van der Waals surface area contributed by atoms with Crippen LogP contribution in [0.4, 0.5) is 0 Å². The van der Waals surface area contributed by atoms with Crippen LogP contribution in [0.2, 0.25) is 0 Å². The van der Waals surface area contributed by atoms with Gasteiger partial charge in [0.05, 0.1) is 5.67 Å². The summed E-state index contributed by atoms with van der Waals surface area (Å²) in [6.45, 7) is 9.69. The van der Waals surface area contributed by atoms with E-state index >= 15 is 0 Å². The van der Waals surface area contributed by atoms with Crippen LogP contribution in [-0.2, 0) is 13.3 Å². The molecule has 0 aromatic carbocycles. The van der Waals surface area contributed by atoms with Gasteiger partial charge in [-0.2, -0.15) is 0 Å². The van der Waals surface area contributed by atoms with Crippen LogP contribution in [0.5, 0.6) is 0 Å². The van der Waals surface area contributed by atoms with E-state index in [1.54, 1.807) is 0 Å². The van der Waals surface area contributed by atoms with Gasteiger partial charge in [0.2, 0.25) is 0 Å². The Morgan fingerprint density at radius 2 is 1.33 bits per heavy atom. The third-order valence-corrected chi connectivity index (χ3v) is 5.36. The highest BCUT2D eigenvalue weighted by Gasteiger charge is 2.46. The molecule has 0 aliphatic carbocycles. The van der Waals surface area contributed by atoms with Crippen molar-refractivity contribution in [1.82, 2.24) is 0 Å². The molecule has 15 heavy (non-hydrogen) atoms. The van der Waals surface area contributed by atoms with Crippen molar-refractivity contribution in [2.75, 3.05) is 19.8 Å². The first-order chi connectivity index (χ1) is 7.16. The van der Waals surface area contributed by atoms with Crippen LogP contribution in [0.1, 0.15) is 40.5 Å². The Kier molecular flexibility index (Phi) is 8.27. The third-order valence-electron chi connectivity index (χ3n) is 2.09. The zero-order valence-corrected chi connectivity index (χ0v) is 11.4. The van der Waals surface area contributed by atoms with E-state index in [0.717, 1.165) is 12.8 Å². The Morgan fingerprint density at radius 1 is 0.933 bits per heavy atom. The lowest BCUT2D eigenvalue weighted by Crippen LogP contribution is -2.60. The Hall–Kier alpha value is 0.0569. The lowest BCUT2D eigenvalue weighted by Gasteiger charge is -2.33. The molecule has 1 atom stereocenters. The summed E-state index contributed by atoms with van der Waals surface area (Å²) in [7, 11) is -2.64. The highest BCUT2D eigenvalue weighted by atomic mass is 28.4. The summed E-state index contributed by atoms with van der Waals surface area (Å²) in [5.41, 5.74) is 6.00. The Morgan fingerprint density at radius 3 is 1.60 bits per heavy atom. The van der Waals surface area contributed by atoms with Crippen LogP contribution in [0.25, 0.3) is 0 Å². The molecule has 0 aromatic rings. The van der Waals surface area contributed by atoms with Gasteiger partial charge in [0, 0.05) is 19.8 Å². The summed E-state index contributed by atoms with van der Waals surface area (Å²) in [5.74, 6) is 0. The van der Waals surface area contributed by atoms with Crippen molar-refractivity contribution in [2.45, 2.75) is 46.2 Å². The summed E-state index contributed by atoms with van der Waals surface area (Å²) in [6, 6.07) is 0. The molecule has 0 fully saturated rings. The molecule has 2 N–H and O–H groups in total. The van der Waals surface area contributed by atoms with Gasteiger partial charge in [-0.15, -0.1) is 0 Å². The summed E-state index contributed by atoms with van der Waals surface area (Å²) in [6.07, 6.45) is 1.90. The van der Waals surface area contributed by atoms with E-state index in [4.69, 9.17) is 19.0 Å². The van der Waals surface area contributed by atoms with Crippen molar-refractivity contribution < 1.29 is 13.3 Å². The monoisotopic (exact) mass is 235 g/mol. The standard InChI is InChI=1S/C10H25NO3Si/c1-5-9-10(11)15(12-6-2,13-7-3)14-8-4/h10H,5-9,11H2,1-4H3. The molecule has 4 nitrogen and oxygen atoms in total. The zero-order chi connectivity index (χ0) is 11.7. The molecule has 92 valence electrons. The van der Waals surface area contributed by atoms with Gasteiger partial charge in [-0.3, -0.25) is 0 Å². The van der Waals surface area contributed by atoms with E-state index in [-0.39, 0.29) is 5.67 Å². The maximum Gasteiger partial charge on any atom is 0.518 e. The lowest BCUT2D eigenvalue weighted by atomic mass is 10.3. The van der Waals surface area contributed by atoms with Gasteiger partial charge >= 0.3 is 8.80 Å². The second-order valence-electron chi connectivity index (χ2n) is 3.30. The van der Waals surface area contributed by atoms with Crippen LogP contribution in [-0.4, -0.2) is 34.3 Å². The smallest absolute Gasteiger partial charge is 0.373 e. The van der Waals surface area contributed by atoms with E-state index < -0.39 is 8.80 Å². The van der Waals surface area contributed by atoms with Crippen LogP contribution in [0, 0.1) is 0 Å². The molecular formula is C10H25NO3Si. The minimum absolute atomic E-state index is 0.109. The van der Waals surface area contributed by atoms with Gasteiger partial charge < -0.3 is 19.0 Å². The number of nitrogens with two attached hydrogens (primary N) is 1. The minimum atomic E-state index is -2.64. The first-order valence-electron chi connectivity index (χ1n) is 5.84. The maximum atomic E-state index is 6.11. The topological polar surface area (TPSA) is 53.7 Å². The molecule has 0 saturated heterocycles. The number of hydrogen-bond acceptors (Lipinski definition) is 4. The van der Waals surface area contributed by atoms with E-state index in [1.807, 2.05) is 20.8 Å². The average Bonchev–Trinajstić information content (AvgIpc) is 2.19. The van der Waals surface area contributed by atoms with Crippen molar-refractivity contribution in [3.05, 3.63) is 0 Å². The number of rotatable bonds is 9. The van der Waals surface area contributed by atoms with E-state index in [9.17, 15) is 0 Å². The molecule has 0 aliphatic rings. The van der Waals surface area contributed by atoms with Crippen molar-refractivity contribution in [1.29, 1.82) is 0 Å². The van der Waals surface area contributed by atoms with Crippen molar-refractivity contribution in [2.24, 2.45) is 5.73 Å². The van der Waals surface area contributed by atoms with Gasteiger partial charge in [0.25, 0.3) is 0 Å². The zero-order valence-electron chi connectivity index (χ0n) is 10.4. The fourth-order valence-corrected chi connectivity index (χ4v) is 4.28. The fourth-order valence-electron chi connectivity index (χ4n) is 1.54. The molecular weight excluding hydrogens is 210 g/mol. The summed E-state index contributed by atoms with van der Waals surface area (Å²) in [5, 5.41) is 0. The van der Waals surface area contributed by atoms with Crippen molar-refractivity contribution in [3.63, 3.8) is 0 Å². The SMILES string of the molecule is CCCC(N)[Si](OCC)(OCC)OCC. The minimum Gasteiger partial charge on any atom is -0.373 e. The first-order valence-corrected chi connectivity index (χ1v) is 7.64. The van der Waals surface area contributed by atoms with Crippen LogP contribution in [0.15, 0.2) is 0 Å². The molecule has 5 heteroatoms. The molecule has 0 radical (unpaired) electrons. The van der Waals surface area contributed by atoms with Gasteiger partial charge in [-0.25, -0.2) is 0 Å². The Labute approximate surface area is 94.5 Å². The normalized spacial score (nSPS) is 14.2. The van der Waals surface area contributed by atoms with E-state index in [1.165, 1.54) is 0 Å². The molecule has 0 rings (SSSR count). The second kappa shape index (κ2) is 8.24. The van der Waals surface area contributed by atoms with Crippen LogP contribution >= 0.6 is 0 Å². The summed E-state index contributed by atoms with van der Waals surface area (Å²) >= 11 is 0. The highest BCUT2D eigenvalue weighted by Crippen LogP contribution is 2.17. The van der Waals surface area contributed by atoms with Crippen LogP contribution < -0.4 is 5.73 Å². The molecule has 0 bridgehead atoms. The second-order valence-corrected chi connectivity index (χ2v) is 6.11. The largest absolute Gasteiger partial charge is 0.518 e. The summed E-state index contributed by atoms with van der Waals surface area (Å²) in [4.78, 5) is 0. The molecule has 0 aliphatic heterocycles. The quantitative estimate of drug-likeness (QED) is 0.618. The molecule has 0 heterocycles. The number of hydrogen-bond donors (Lipinski definition) is 1. The molecule has 0 amide bonds. The lowest BCUT2D eigenvalue weighted by molar-refractivity contribution is 0.0612. The van der Waals surface area contributed by atoms with Crippen LogP contribution in [0.3, 0.4) is 0 Å². The Balaban J connectivity index is 4.57. The van der Waals surface area contributed by atoms with Gasteiger partial charge in [0.15, 0.2) is 0 Å². The summed E-state index contributed by atoms with van der Waals surface area (Å²) < 4.78 is 17.1. The highest BCUT2D eigenvalue weighted by molar-refractivity contribution is 6.62. The van der Waals surface area contributed by atoms with Gasteiger partial charge in [-0.05, 0) is 27.2 Å². The molecule has 0 spiro atoms. The first kappa shape index (κ1) is 15.1. The molecule has 0 aromatic heterocycles. The third kappa shape index (κ3) is 4.61. The van der Waals surface area contributed by atoms with Crippen molar-refractivity contribution in [3.8, 4) is 0 Å².